The van der Waals surface area contributed by atoms with Crippen molar-refractivity contribution >= 4 is 19.1 Å². The Hall–Kier alpha value is -2.60. The van der Waals surface area contributed by atoms with Crippen LogP contribution in [-0.4, -0.2) is 56.4 Å². The number of aldehydes is 1. The second-order valence-electron chi connectivity index (χ2n) is 7.01. The van der Waals surface area contributed by atoms with Crippen LogP contribution in [0.1, 0.15) is 31.2 Å². The molecule has 2 atom stereocenters. The van der Waals surface area contributed by atoms with Crippen LogP contribution in [0.3, 0.4) is 0 Å². The predicted molar refractivity (Wildman–Crippen MR) is 103 cm³/mol. The van der Waals surface area contributed by atoms with Gasteiger partial charge in [-0.1, -0.05) is 19.3 Å². The fourth-order valence-electron chi connectivity index (χ4n) is 2.87. The van der Waals surface area contributed by atoms with E-state index in [-0.39, 0.29) is 17.9 Å². The van der Waals surface area contributed by atoms with Gasteiger partial charge in [0.25, 0.3) is 0 Å². The van der Waals surface area contributed by atoms with E-state index in [2.05, 4.69) is 9.97 Å². The van der Waals surface area contributed by atoms with Crippen LogP contribution in [0.25, 0.3) is 0 Å². The van der Waals surface area contributed by atoms with Crippen molar-refractivity contribution in [2.75, 3.05) is 27.3 Å². The summed E-state index contributed by atoms with van der Waals surface area (Å²) in [6, 6.07) is 3.63. The van der Waals surface area contributed by atoms with Crippen molar-refractivity contribution in [3.05, 3.63) is 29.6 Å². The molecule has 28 heavy (non-hydrogen) atoms. The first-order chi connectivity index (χ1) is 13.4. The van der Waals surface area contributed by atoms with Crippen molar-refractivity contribution in [1.29, 1.82) is 5.26 Å². The number of hydrogen-bond donors (Lipinski definition) is 2. The Morgan fingerprint density at radius 2 is 2.21 bits per heavy atom. The van der Waals surface area contributed by atoms with Crippen molar-refractivity contribution in [2.24, 2.45) is 5.92 Å². The summed E-state index contributed by atoms with van der Waals surface area (Å²) in [5, 5.41) is 21.5. The molecule has 1 aliphatic carbocycles. The van der Waals surface area contributed by atoms with Crippen LogP contribution in [0.15, 0.2) is 18.2 Å². The van der Waals surface area contributed by atoms with Crippen molar-refractivity contribution in [3.8, 4) is 12.0 Å². The molecule has 2 unspecified atom stereocenters. The molecule has 2 fully saturated rings. The first-order valence-corrected chi connectivity index (χ1v) is 9.17. The standard InChI is InChI=1S/C16H19BFN3O4.C3H6/c1-21(2)15(17-25-10-19)20-16(9-24-6-5-11(16)8-22)13-7-12(23)3-4-14(13)18;1-2-3-1/h3-4,7-8,11,20,23H,5-6,9H2,1-2H3;1-3H2. The van der Waals surface area contributed by atoms with Crippen LogP contribution in [0, 0.1) is 23.3 Å². The van der Waals surface area contributed by atoms with E-state index in [9.17, 15) is 14.3 Å². The van der Waals surface area contributed by atoms with Crippen LogP contribution >= 0.6 is 0 Å². The minimum atomic E-state index is -1.25. The summed E-state index contributed by atoms with van der Waals surface area (Å²) in [4.78, 5) is 13.3. The summed E-state index contributed by atoms with van der Waals surface area (Å²) < 4.78 is 24.8. The molecule has 0 spiro atoms. The zero-order valence-corrected chi connectivity index (χ0v) is 16.2. The Kier molecular flexibility index (Phi) is 7.82. The Morgan fingerprint density at radius 1 is 1.50 bits per heavy atom. The van der Waals surface area contributed by atoms with Crippen LogP contribution in [-0.2, 0) is 19.7 Å². The van der Waals surface area contributed by atoms with Crippen LogP contribution < -0.4 is 5.32 Å². The first kappa shape index (κ1) is 21.7. The van der Waals surface area contributed by atoms with Crippen molar-refractivity contribution < 1.29 is 23.7 Å². The number of benzene rings is 1. The molecule has 9 heteroatoms. The molecule has 1 saturated heterocycles. The van der Waals surface area contributed by atoms with Crippen molar-refractivity contribution in [3.63, 3.8) is 0 Å². The van der Waals surface area contributed by atoms with Gasteiger partial charge in [-0.25, -0.2) is 0 Å². The van der Waals surface area contributed by atoms with E-state index < -0.39 is 17.3 Å². The van der Waals surface area contributed by atoms with E-state index in [0.29, 0.717) is 18.7 Å². The predicted octanol–water partition coefficient (Wildman–Crippen LogP) is 1.49. The molecule has 1 heterocycles. The summed E-state index contributed by atoms with van der Waals surface area (Å²) in [5.41, 5.74) is -0.798. The van der Waals surface area contributed by atoms with Gasteiger partial charge in [-0.15, -0.1) is 0 Å². The van der Waals surface area contributed by atoms with Gasteiger partial charge in [0.2, 0.25) is 0 Å². The maximum absolute atomic E-state index is 14.6. The van der Waals surface area contributed by atoms with E-state index in [0.717, 1.165) is 12.4 Å². The molecule has 0 radical (unpaired) electrons. The number of phenols is 1. The second-order valence-corrected chi connectivity index (χ2v) is 7.01. The van der Waals surface area contributed by atoms with Gasteiger partial charge in [0, 0.05) is 0 Å². The third kappa shape index (κ3) is 5.46. The third-order valence-electron chi connectivity index (χ3n) is 4.54. The molecule has 0 amide bonds. The summed E-state index contributed by atoms with van der Waals surface area (Å²) in [6.07, 6.45) is 7.16. The van der Waals surface area contributed by atoms with E-state index in [1.54, 1.807) is 19.0 Å². The molecule has 1 aromatic rings. The Morgan fingerprint density at radius 3 is 2.79 bits per heavy atom. The molecule has 1 aromatic carbocycles. The van der Waals surface area contributed by atoms with Gasteiger partial charge in [-0.05, 0) is 0 Å². The maximum atomic E-state index is 14.6. The number of phenolic OH excluding ortho intramolecular Hbond substituents is 1. The number of hydrogen-bond acceptors (Lipinski definition) is 7. The van der Waals surface area contributed by atoms with Gasteiger partial charge < -0.3 is 0 Å². The average molecular weight is 389 g/mol. The number of nitrogens with zero attached hydrogens (tertiary/aromatic N) is 2. The topological polar surface area (TPSA) is 94.8 Å². The van der Waals surface area contributed by atoms with Crippen molar-refractivity contribution in [1.82, 2.24) is 10.2 Å². The quantitative estimate of drug-likeness (QED) is 0.433. The van der Waals surface area contributed by atoms with E-state index in [1.165, 1.54) is 44.8 Å². The molecule has 0 bridgehead atoms. The molecule has 7 nitrogen and oxygen atoms in total. The first-order valence-electron chi connectivity index (χ1n) is 9.17. The SMILES string of the molecule is C1CC1.CN(C)C(=BOC#N)NC1(c2cc(O)ccc2F)COCCC1C=O. The number of carbonyl (C=O) groups is 1. The molecule has 1 aliphatic heterocycles. The van der Waals surface area contributed by atoms with Crippen LogP contribution in [0.2, 0.25) is 0 Å². The van der Waals surface area contributed by atoms with E-state index >= 15 is 0 Å². The number of ether oxygens (including phenoxy) is 1. The molecule has 2 N–H and O–H groups in total. The Labute approximate surface area is 165 Å². The molecule has 0 aromatic heterocycles. The fourth-order valence-corrected chi connectivity index (χ4v) is 2.87. The normalized spacial score (nSPS) is 23.2. The number of nitrogens with one attached hydrogen (secondary N) is 1. The third-order valence-corrected chi connectivity index (χ3v) is 4.54. The Balaban J connectivity index is 0.000000849. The van der Waals surface area contributed by atoms with Crippen LogP contribution in [0.5, 0.6) is 5.75 Å². The average Bonchev–Trinajstić information content (AvgIpc) is 3.56. The number of nitriles is 1. The summed E-state index contributed by atoms with van der Waals surface area (Å²) in [7, 11) is 4.57. The molecular formula is C19H25BFN3O4. The van der Waals surface area contributed by atoms with Gasteiger partial charge in [0.15, 0.2) is 0 Å². The number of aromatic hydroxyl groups is 1. The zero-order chi connectivity index (χ0) is 20.6. The van der Waals surface area contributed by atoms with E-state index in [4.69, 9.17) is 10.00 Å². The van der Waals surface area contributed by atoms with Crippen LogP contribution in [0.4, 0.5) is 4.39 Å². The summed E-state index contributed by atoms with van der Waals surface area (Å²) in [6.45, 7) is 0.373. The minimum absolute atomic E-state index is 0.00845. The molecule has 2 aliphatic rings. The van der Waals surface area contributed by atoms with Gasteiger partial charge >= 0.3 is 145 Å². The van der Waals surface area contributed by atoms with E-state index in [1.807, 2.05) is 0 Å². The summed E-state index contributed by atoms with van der Waals surface area (Å²) in [5.74, 6) is -1.32. The Bertz CT molecular complexity index is 748. The fraction of sp³-hybridized carbons (Fsp3) is 0.526. The molecular weight excluding hydrogens is 364 g/mol. The molecule has 150 valence electrons. The van der Waals surface area contributed by atoms with Gasteiger partial charge in [0.05, 0.1) is 0 Å². The number of halogens is 1. The summed E-state index contributed by atoms with van der Waals surface area (Å²) >= 11 is 0. The van der Waals surface area contributed by atoms with Gasteiger partial charge in [-0.3, -0.25) is 0 Å². The van der Waals surface area contributed by atoms with Gasteiger partial charge in [0.1, 0.15) is 0 Å². The zero-order valence-electron chi connectivity index (χ0n) is 16.2. The number of rotatable bonds is 6. The number of carbonyl (C=O) groups excluding carboxylic acids is 1. The van der Waals surface area contributed by atoms with Crippen molar-refractivity contribution in [2.45, 2.75) is 31.2 Å². The van der Waals surface area contributed by atoms with Gasteiger partial charge in [-0.2, -0.15) is 0 Å². The monoisotopic (exact) mass is 389 g/mol. The molecule has 1 saturated carbocycles. The second kappa shape index (κ2) is 10.1. The molecule has 3 rings (SSSR count).